The minimum atomic E-state index is 0.142. The Morgan fingerprint density at radius 2 is 2.06 bits per heavy atom. The minimum Gasteiger partial charge on any atom is -0.448 e. The van der Waals surface area contributed by atoms with E-state index in [4.69, 9.17) is 9.52 Å². The molecule has 0 spiro atoms. The predicted octanol–water partition coefficient (Wildman–Crippen LogP) is 2.58. The van der Waals surface area contributed by atoms with Crippen LogP contribution in [0.1, 0.15) is 30.2 Å². The van der Waals surface area contributed by atoms with Gasteiger partial charge in [-0.3, -0.25) is 0 Å². The van der Waals surface area contributed by atoms with E-state index in [2.05, 4.69) is 17.1 Å². The van der Waals surface area contributed by atoms with Gasteiger partial charge < -0.3 is 9.52 Å². The zero-order valence-electron chi connectivity index (χ0n) is 9.04. The number of nitrogens with zero attached hydrogens (tertiary/aromatic N) is 1. The van der Waals surface area contributed by atoms with Crippen LogP contribution in [-0.4, -0.2) is 16.7 Å². The highest BCUT2D eigenvalue weighted by molar-refractivity contribution is 5.24. The lowest BCUT2D eigenvalue weighted by Crippen LogP contribution is -2.02. The summed E-state index contributed by atoms with van der Waals surface area (Å²) in [6, 6.07) is 10.1. The highest BCUT2D eigenvalue weighted by Gasteiger charge is 2.17. The molecule has 1 atom stereocenters. The van der Waals surface area contributed by atoms with Crippen molar-refractivity contribution in [1.29, 1.82) is 0 Å². The lowest BCUT2D eigenvalue weighted by atomic mass is 9.94. The van der Waals surface area contributed by atoms with Crippen molar-refractivity contribution in [3.8, 4) is 0 Å². The molecule has 0 bridgehead atoms. The van der Waals surface area contributed by atoms with Gasteiger partial charge in [-0.15, -0.1) is 0 Å². The Kier molecular flexibility index (Phi) is 3.72. The van der Waals surface area contributed by atoms with E-state index in [-0.39, 0.29) is 12.5 Å². The van der Waals surface area contributed by atoms with Crippen LogP contribution in [0.4, 0.5) is 0 Å². The van der Waals surface area contributed by atoms with E-state index in [0.29, 0.717) is 0 Å². The quantitative estimate of drug-likeness (QED) is 0.837. The fourth-order valence-electron chi connectivity index (χ4n) is 1.82. The molecule has 0 fully saturated rings. The Hall–Kier alpha value is -1.61. The summed E-state index contributed by atoms with van der Waals surface area (Å²) >= 11 is 0. The van der Waals surface area contributed by atoms with Gasteiger partial charge in [0.25, 0.3) is 0 Å². The number of aromatic nitrogens is 1. The molecule has 1 unspecified atom stereocenters. The maximum Gasteiger partial charge on any atom is 0.201 e. The third-order valence-electron chi connectivity index (χ3n) is 2.60. The van der Waals surface area contributed by atoms with Crippen molar-refractivity contribution in [3.05, 3.63) is 54.2 Å². The monoisotopic (exact) mass is 217 g/mol. The van der Waals surface area contributed by atoms with Gasteiger partial charge in [0.15, 0.2) is 0 Å². The van der Waals surface area contributed by atoms with Crippen molar-refractivity contribution < 1.29 is 9.52 Å². The van der Waals surface area contributed by atoms with Gasteiger partial charge in [-0.25, -0.2) is 4.98 Å². The highest BCUT2D eigenvalue weighted by Crippen LogP contribution is 2.27. The molecule has 1 aromatic carbocycles. The zero-order valence-corrected chi connectivity index (χ0v) is 9.04. The Balaban J connectivity index is 2.21. The maximum absolute atomic E-state index is 8.91. The molecule has 0 aliphatic heterocycles. The summed E-state index contributed by atoms with van der Waals surface area (Å²) in [6.07, 6.45) is 4.84. The molecular formula is C13H15NO2. The van der Waals surface area contributed by atoms with E-state index in [1.54, 1.807) is 12.5 Å². The Bertz CT molecular complexity index is 397. The number of hydrogen-bond donors (Lipinski definition) is 1. The molecule has 1 aromatic heterocycles. The number of oxazole rings is 1. The molecule has 0 saturated heterocycles. The van der Waals surface area contributed by atoms with Crippen LogP contribution in [0.3, 0.4) is 0 Å². The van der Waals surface area contributed by atoms with E-state index < -0.39 is 0 Å². The third kappa shape index (κ3) is 2.49. The second-order valence-electron chi connectivity index (χ2n) is 3.70. The lowest BCUT2D eigenvalue weighted by molar-refractivity contribution is 0.279. The van der Waals surface area contributed by atoms with Crippen molar-refractivity contribution in [2.45, 2.75) is 18.8 Å². The SMILES string of the molecule is OCCCC(c1ccccc1)c1ncco1. The van der Waals surface area contributed by atoms with Crippen LogP contribution in [0.2, 0.25) is 0 Å². The normalized spacial score (nSPS) is 12.6. The molecule has 2 aromatic rings. The average molecular weight is 217 g/mol. The van der Waals surface area contributed by atoms with Crippen molar-refractivity contribution in [2.75, 3.05) is 6.61 Å². The molecule has 84 valence electrons. The van der Waals surface area contributed by atoms with Gasteiger partial charge >= 0.3 is 0 Å². The molecule has 0 radical (unpaired) electrons. The summed E-state index contributed by atoms with van der Waals surface area (Å²) < 4.78 is 5.35. The third-order valence-corrected chi connectivity index (χ3v) is 2.60. The summed E-state index contributed by atoms with van der Waals surface area (Å²) in [4.78, 5) is 4.20. The maximum atomic E-state index is 8.91. The fourth-order valence-corrected chi connectivity index (χ4v) is 1.82. The smallest absolute Gasteiger partial charge is 0.201 e. The van der Waals surface area contributed by atoms with Crippen LogP contribution in [0.15, 0.2) is 47.2 Å². The molecule has 2 rings (SSSR count). The number of rotatable bonds is 5. The second kappa shape index (κ2) is 5.47. The van der Waals surface area contributed by atoms with Crippen molar-refractivity contribution in [2.24, 2.45) is 0 Å². The van der Waals surface area contributed by atoms with Gasteiger partial charge in [-0.05, 0) is 18.4 Å². The van der Waals surface area contributed by atoms with Gasteiger partial charge in [-0.2, -0.15) is 0 Å². The summed E-state index contributed by atoms with van der Waals surface area (Å²) in [5, 5.41) is 8.91. The predicted molar refractivity (Wildman–Crippen MR) is 61.1 cm³/mol. The topological polar surface area (TPSA) is 46.3 Å². The van der Waals surface area contributed by atoms with Crippen molar-refractivity contribution in [3.63, 3.8) is 0 Å². The van der Waals surface area contributed by atoms with Crippen molar-refractivity contribution >= 4 is 0 Å². The number of aliphatic hydroxyl groups is 1. The number of benzene rings is 1. The molecule has 16 heavy (non-hydrogen) atoms. The van der Waals surface area contributed by atoms with Crippen LogP contribution in [0, 0.1) is 0 Å². The van der Waals surface area contributed by atoms with E-state index in [0.717, 1.165) is 18.7 Å². The molecule has 1 N–H and O–H groups in total. The molecule has 1 heterocycles. The number of aliphatic hydroxyl groups excluding tert-OH is 1. The molecule has 0 amide bonds. The van der Waals surface area contributed by atoms with Gasteiger partial charge in [0.1, 0.15) is 6.26 Å². The first-order valence-corrected chi connectivity index (χ1v) is 5.47. The van der Waals surface area contributed by atoms with Gasteiger partial charge in [0.05, 0.1) is 12.1 Å². The molecule has 0 aliphatic rings. The molecule has 3 heteroatoms. The minimum absolute atomic E-state index is 0.142. The van der Waals surface area contributed by atoms with E-state index in [1.165, 1.54) is 5.56 Å². The summed E-state index contributed by atoms with van der Waals surface area (Å²) in [5.41, 5.74) is 1.18. The fraction of sp³-hybridized carbons (Fsp3) is 0.308. The van der Waals surface area contributed by atoms with Gasteiger partial charge in [0, 0.05) is 6.61 Å². The largest absolute Gasteiger partial charge is 0.448 e. The van der Waals surface area contributed by atoms with Crippen LogP contribution in [-0.2, 0) is 0 Å². The summed E-state index contributed by atoms with van der Waals surface area (Å²) in [6.45, 7) is 0.198. The molecular weight excluding hydrogens is 202 g/mol. The van der Waals surface area contributed by atoms with E-state index >= 15 is 0 Å². The molecule has 0 saturated carbocycles. The first kappa shape index (κ1) is 10.9. The first-order valence-electron chi connectivity index (χ1n) is 5.47. The van der Waals surface area contributed by atoms with Crippen molar-refractivity contribution in [1.82, 2.24) is 4.98 Å². The molecule has 3 nitrogen and oxygen atoms in total. The van der Waals surface area contributed by atoms with Crippen LogP contribution in [0.25, 0.3) is 0 Å². The first-order chi connectivity index (χ1) is 7.92. The molecule has 0 aliphatic carbocycles. The average Bonchev–Trinajstić information content (AvgIpc) is 2.85. The van der Waals surface area contributed by atoms with Crippen LogP contribution < -0.4 is 0 Å². The Morgan fingerprint density at radius 3 is 2.69 bits per heavy atom. The number of hydrogen-bond acceptors (Lipinski definition) is 3. The Morgan fingerprint density at radius 1 is 1.25 bits per heavy atom. The van der Waals surface area contributed by atoms with Crippen LogP contribution in [0.5, 0.6) is 0 Å². The Labute approximate surface area is 94.8 Å². The summed E-state index contributed by atoms with van der Waals surface area (Å²) in [5.74, 6) is 0.864. The van der Waals surface area contributed by atoms with E-state index in [1.807, 2.05) is 18.2 Å². The lowest BCUT2D eigenvalue weighted by Gasteiger charge is -2.12. The van der Waals surface area contributed by atoms with E-state index in [9.17, 15) is 0 Å². The highest BCUT2D eigenvalue weighted by atomic mass is 16.3. The van der Waals surface area contributed by atoms with Gasteiger partial charge in [0.2, 0.25) is 5.89 Å². The van der Waals surface area contributed by atoms with Crippen LogP contribution >= 0.6 is 0 Å². The zero-order chi connectivity index (χ0) is 11.2. The summed E-state index contributed by atoms with van der Waals surface area (Å²) in [7, 11) is 0. The van der Waals surface area contributed by atoms with Gasteiger partial charge in [-0.1, -0.05) is 30.3 Å². The second-order valence-corrected chi connectivity index (χ2v) is 3.70. The standard InChI is InChI=1S/C13H15NO2/c15-9-4-7-12(13-14-8-10-16-13)11-5-2-1-3-6-11/h1-3,5-6,8,10,12,15H,4,7,9H2.